The van der Waals surface area contributed by atoms with Gasteiger partial charge in [-0.1, -0.05) is 18.6 Å². The summed E-state index contributed by atoms with van der Waals surface area (Å²) in [5, 5.41) is 10.6. The zero-order valence-corrected chi connectivity index (χ0v) is 14.8. The minimum Gasteiger partial charge on any atom is -0.395 e. The summed E-state index contributed by atoms with van der Waals surface area (Å²) in [6.07, 6.45) is 0.935. The van der Waals surface area contributed by atoms with Crippen LogP contribution in [0.5, 0.6) is 0 Å². The molecule has 1 aliphatic heterocycles. The smallest absolute Gasteiger partial charge is 0.270 e. The fraction of sp³-hybridized carbons (Fsp3) is 0.526. The topological polar surface area (TPSA) is 59.6 Å². The van der Waals surface area contributed by atoms with E-state index in [0.717, 1.165) is 36.0 Å². The maximum atomic E-state index is 12.9. The molecule has 1 unspecified atom stereocenters. The van der Waals surface area contributed by atoms with Gasteiger partial charge in [0.25, 0.3) is 5.91 Å². The van der Waals surface area contributed by atoms with Gasteiger partial charge in [-0.05, 0) is 38.0 Å². The van der Waals surface area contributed by atoms with Crippen LogP contribution in [0.1, 0.15) is 35.0 Å². The van der Waals surface area contributed by atoms with Crippen LogP contribution in [0.25, 0.3) is 10.9 Å². The van der Waals surface area contributed by atoms with Gasteiger partial charge in [0.2, 0.25) is 0 Å². The normalized spacial score (nSPS) is 17.4. The highest BCUT2D eigenvalue weighted by atomic mass is 16.3. The van der Waals surface area contributed by atoms with Crippen molar-refractivity contribution in [2.24, 2.45) is 0 Å². The summed E-state index contributed by atoms with van der Waals surface area (Å²) in [5.74, 6) is 0.0815. The summed E-state index contributed by atoms with van der Waals surface area (Å²) >= 11 is 0. The number of carbonyl (C=O) groups excluding carboxylic acids is 1. The lowest BCUT2D eigenvalue weighted by molar-refractivity contribution is 0.0468. The Bertz CT molecular complexity index is 726. The van der Waals surface area contributed by atoms with Gasteiger partial charge in [0.1, 0.15) is 5.69 Å². The van der Waals surface area contributed by atoms with E-state index in [1.165, 1.54) is 5.56 Å². The van der Waals surface area contributed by atoms with E-state index < -0.39 is 0 Å². The first-order valence-electron chi connectivity index (χ1n) is 8.78. The standard InChI is InChI=1S/C19H27N3O2/c1-4-15(12-23)21-7-9-22(10-8-21)19(24)18-14(3)16-11-13(2)5-6-17(16)20-18/h5-6,11,15,20,23H,4,7-10,12H2,1-3H3. The van der Waals surface area contributed by atoms with Crippen LogP contribution in [0, 0.1) is 13.8 Å². The Morgan fingerprint density at radius 3 is 2.58 bits per heavy atom. The van der Waals surface area contributed by atoms with Crippen molar-refractivity contribution >= 4 is 16.8 Å². The largest absolute Gasteiger partial charge is 0.395 e. The van der Waals surface area contributed by atoms with Gasteiger partial charge in [0.15, 0.2) is 0 Å². The number of nitrogens with zero attached hydrogens (tertiary/aromatic N) is 2. The van der Waals surface area contributed by atoms with Gasteiger partial charge in [0, 0.05) is 43.1 Å². The van der Waals surface area contributed by atoms with Crippen LogP contribution in [0.2, 0.25) is 0 Å². The number of aromatic amines is 1. The second-order valence-corrected chi connectivity index (χ2v) is 6.75. The molecule has 0 saturated carbocycles. The lowest BCUT2D eigenvalue weighted by Crippen LogP contribution is -2.52. The van der Waals surface area contributed by atoms with Crippen molar-refractivity contribution in [2.45, 2.75) is 33.2 Å². The van der Waals surface area contributed by atoms with E-state index in [-0.39, 0.29) is 18.6 Å². The van der Waals surface area contributed by atoms with Gasteiger partial charge in [0.05, 0.1) is 6.61 Å². The van der Waals surface area contributed by atoms with E-state index >= 15 is 0 Å². The summed E-state index contributed by atoms with van der Waals surface area (Å²) in [6.45, 7) is 9.43. The van der Waals surface area contributed by atoms with E-state index in [1.54, 1.807) is 0 Å². The SMILES string of the molecule is CCC(CO)N1CCN(C(=O)c2[nH]c3ccc(C)cc3c2C)CC1. The highest BCUT2D eigenvalue weighted by Crippen LogP contribution is 2.24. The number of benzene rings is 1. The van der Waals surface area contributed by atoms with Gasteiger partial charge in [-0.25, -0.2) is 0 Å². The number of fused-ring (bicyclic) bond motifs is 1. The van der Waals surface area contributed by atoms with Crippen molar-refractivity contribution in [3.8, 4) is 0 Å². The average Bonchev–Trinajstić information content (AvgIpc) is 2.92. The van der Waals surface area contributed by atoms with Crippen LogP contribution in [0.3, 0.4) is 0 Å². The number of carbonyl (C=O) groups is 1. The number of piperazine rings is 1. The highest BCUT2D eigenvalue weighted by molar-refractivity contribution is 6.01. The van der Waals surface area contributed by atoms with Gasteiger partial charge in [-0.2, -0.15) is 0 Å². The Kier molecular flexibility index (Phi) is 4.92. The number of hydrogen-bond donors (Lipinski definition) is 2. The van der Waals surface area contributed by atoms with Crippen LogP contribution in [0.15, 0.2) is 18.2 Å². The molecule has 0 spiro atoms. The van der Waals surface area contributed by atoms with E-state index in [1.807, 2.05) is 17.9 Å². The van der Waals surface area contributed by atoms with Crippen molar-refractivity contribution in [1.82, 2.24) is 14.8 Å². The number of nitrogens with one attached hydrogen (secondary N) is 1. The highest BCUT2D eigenvalue weighted by Gasteiger charge is 2.27. The van der Waals surface area contributed by atoms with E-state index in [4.69, 9.17) is 0 Å². The Labute approximate surface area is 143 Å². The van der Waals surface area contributed by atoms with Crippen LogP contribution < -0.4 is 0 Å². The second kappa shape index (κ2) is 6.95. The molecule has 2 aromatic rings. The number of aryl methyl sites for hydroxylation is 2. The molecule has 1 amide bonds. The number of H-pyrrole nitrogens is 1. The number of amides is 1. The Morgan fingerprint density at radius 2 is 1.96 bits per heavy atom. The first-order valence-corrected chi connectivity index (χ1v) is 8.78. The molecule has 1 saturated heterocycles. The third-order valence-corrected chi connectivity index (χ3v) is 5.23. The maximum absolute atomic E-state index is 12.9. The van der Waals surface area contributed by atoms with Gasteiger partial charge < -0.3 is 15.0 Å². The summed E-state index contributed by atoms with van der Waals surface area (Å²) in [7, 11) is 0. The zero-order valence-electron chi connectivity index (χ0n) is 14.8. The fourth-order valence-electron chi connectivity index (χ4n) is 3.61. The summed E-state index contributed by atoms with van der Waals surface area (Å²) < 4.78 is 0. The predicted octanol–water partition coefficient (Wildman–Crippen LogP) is 2.31. The van der Waals surface area contributed by atoms with Crippen molar-refractivity contribution < 1.29 is 9.90 Å². The molecular formula is C19H27N3O2. The van der Waals surface area contributed by atoms with Gasteiger partial charge in [-0.15, -0.1) is 0 Å². The monoisotopic (exact) mass is 329 g/mol. The average molecular weight is 329 g/mol. The predicted molar refractivity (Wildman–Crippen MR) is 96.4 cm³/mol. The van der Waals surface area contributed by atoms with E-state index in [9.17, 15) is 9.90 Å². The Balaban J connectivity index is 1.75. The zero-order chi connectivity index (χ0) is 17.3. The maximum Gasteiger partial charge on any atom is 0.270 e. The molecule has 1 fully saturated rings. The molecule has 0 bridgehead atoms. The molecular weight excluding hydrogens is 302 g/mol. The molecule has 5 heteroatoms. The summed E-state index contributed by atoms with van der Waals surface area (Å²) in [6, 6.07) is 6.44. The van der Waals surface area contributed by atoms with Crippen LogP contribution in [0.4, 0.5) is 0 Å². The van der Waals surface area contributed by atoms with Crippen molar-refractivity contribution in [1.29, 1.82) is 0 Å². The number of aliphatic hydroxyl groups is 1. The van der Waals surface area contributed by atoms with Crippen LogP contribution in [-0.4, -0.2) is 64.6 Å². The first-order chi connectivity index (χ1) is 11.5. The third kappa shape index (κ3) is 3.06. The van der Waals surface area contributed by atoms with Crippen molar-refractivity contribution in [3.05, 3.63) is 35.0 Å². The lowest BCUT2D eigenvalue weighted by atomic mass is 10.1. The summed E-state index contributed by atoms with van der Waals surface area (Å²) in [5.41, 5.74) is 3.96. The number of aromatic nitrogens is 1. The molecule has 2 heterocycles. The molecule has 1 aliphatic rings. The number of aliphatic hydroxyl groups excluding tert-OH is 1. The van der Waals surface area contributed by atoms with Crippen molar-refractivity contribution in [2.75, 3.05) is 32.8 Å². The molecule has 24 heavy (non-hydrogen) atoms. The lowest BCUT2D eigenvalue weighted by Gasteiger charge is -2.38. The molecule has 5 nitrogen and oxygen atoms in total. The number of rotatable bonds is 4. The third-order valence-electron chi connectivity index (χ3n) is 5.23. The first kappa shape index (κ1) is 17.0. The molecule has 1 aromatic carbocycles. The molecule has 130 valence electrons. The van der Waals surface area contributed by atoms with E-state index in [0.29, 0.717) is 18.8 Å². The molecule has 2 N–H and O–H groups in total. The summed E-state index contributed by atoms with van der Waals surface area (Å²) in [4.78, 5) is 20.4. The molecule has 0 radical (unpaired) electrons. The van der Waals surface area contributed by atoms with Gasteiger partial charge in [-0.3, -0.25) is 9.69 Å². The minimum atomic E-state index is 0.0815. The molecule has 3 rings (SSSR count). The number of hydrogen-bond acceptors (Lipinski definition) is 3. The quantitative estimate of drug-likeness (QED) is 0.905. The Morgan fingerprint density at radius 1 is 1.25 bits per heavy atom. The minimum absolute atomic E-state index is 0.0815. The van der Waals surface area contributed by atoms with Crippen LogP contribution in [-0.2, 0) is 0 Å². The second-order valence-electron chi connectivity index (χ2n) is 6.75. The van der Waals surface area contributed by atoms with E-state index in [2.05, 4.69) is 35.9 Å². The van der Waals surface area contributed by atoms with Gasteiger partial charge >= 0.3 is 0 Å². The van der Waals surface area contributed by atoms with Crippen molar-refractivity contribution in [3.63, 3.8) is 0 Å². The van der Waals surface area contributed by atoms with Crippen LogP contribution >= 0.6 is 0 Å². The fourth-order valence-corrected chi connectivity index (χ4v) is 3.61. The molecule has 1 aromatic heterocycles. The molecule has 0 aliphatic carbocycles. The molecule has 1 atom stereocenters. The Hall–Kier alpha value is -1.85.